The molecule has 0 saturated heterocycles. The van der Waals surface area contributed by atoms with Crippen LogP contribution in [0.2, 0.25) is 0 Å². The van der Waals surface area contributed by atoms with Crippen LogP contribution in [0.1, 0.15) is 30.9 Å². The lowest BCUT2D eigenvalue weighted by Crippen LogP contribution is -2.51. The van der Waals surface area contributed by atoms with Crippen LogP contribution in [-0.2, 0) is 16.6 Å². The second-order valence-electron chi connectivity index (χ2n) is 5.93. The van der Waals surface area contributed by atoms with E-state index in [1.807, 2.05) is 6.07 Å². The van der Waals surface area contributed by atoms with E-state index in [9.17, 15) is 4.79 Å². The first-order chi connectivity index (χ1) is 9.72. The van der Waals surface area contributed by atoms with Crippen LogP contribution in [0.5, 0.6) is 11.5 Å². The van der Waals surface area contributed by atoms with Gasteiger partial charge < -0.3 is 9.47 Å². The monoisotopic (exact) mass is 270 g/mol. The minimum absolute atomic E-state index is 0.0919. The highest BCUT2D eigenvalue weighted by Crippen LogP contribution is 2.59. The molecule has 1 aromatic rings. The Labute approximate surface area is 118 Å². The fraction of sp³-hybridized carbons (Fsp3) is 0.471. The van der Waals surface area contributed by atoms with E-state index in [2.05, 4.69) is 19.1 Å². The number of carbonyl (C=O) groups is 1. The summed E-state index contributed by atoms with van der Waals surface area (Å²) in [4.78, 5) is 12.3. The molecule has 0 radical (unpaired) electrons. The van der Waals surface area contributed by atoms with E-state index in [1.165, 1.54) is 11.1 Å². The fourth-order valence-corrected chi connectivity index (χ4v) is 4.41. The number of aryl methyl sites for hydroxylation is 1. The molecule has 0 amide bonds. The summed E-state index contributed by atoms with van der Waals surface area (Å²) in [6.45, 7) is 2.17. The molecular formula is C17H18O3. The number of hydrogen-bond acceptors (Lipinski definition) is 3. The molecule has 0 fully saturated rings. The van der Waals surface area contributed by atoms with Gasteiger partial charge in [0.15, 0.2) is 23.4 Å². The average molecular weight is 270 g/mol. The minimum Gasteiger partial charge on any atom is -0.493 e. The van der Waals surface area contributed by atoms with Crippen LogP contribution in [0.4, 0.5) is 0 Å². The molecule has 1 aliphatic heterocycles. The highest BCUT2D eigenvalue weighted by Gasteiger charge is 2.59. The highest BCUT2D eigenvalue weighted by atomic mass is 16.5. The van der Waals surface area contributed by atoms with Crippen molar-refractivity contribution in [1.82, 2.24) is 0 Å². The van der Waals surface area contributed by atoms with Gasteiger partial charge in [0.05, 0.1) is 7.11 Å². The normalized spacial score (nSPS) is 32.8. The predicted octanol–water partition coefficient (Wildman–Crippen LogP) is 2.81. The Balaban J connectivity index is 2.04. The van der Waals surface area contributed by atoms with Crippen molar-refractivity contribution in [2.45, 2.75) is 37.7 Å². The zero-order valence-electron chi connectivity index (χ0n) is 11.8. The molecule has 20 heavy (non-hydrogen) atoms. The van der Waals surface area contributed by atoms with Crippen molar-refractivity contribution < 1.29 is 14.3 Å². The molecule has 104 valence electrons. The van der Waals surface area contributed by atoms with E-state index in [4.69, 9.17) is 9.47 Å². The first-order valence-corrected chi connectivity index (χ1v) is 7.31. The summed E-state index contributed by atoms with van der Waals surface area (Å²) < 4.78 is 11.6. The van der Waals surface area contributed by atoms with E-state index in [0.29, 0.717) is 5.92 Å². The third-order valence-corrected chi connectivity index (χ3v) is 5.32. The topological polar surface area (TPSA) is 35.5 Å². The lowest BCUT2D eigenvalue weighted by molar-refractivity contribution is -0.125. The number of hydrogen-bond donors (Lipinski definition) is 0. The van der Waals surface area contributed by atoms with Crippen LogP contribution in [0.25, 0.3) is 0 Å². The number of carbonyl (C=O) groups excluding carboxylic acids is 1. The van der Waals surface area contributed by atoms with Gasteiger partial charge in [-0.25, -0.2) is 0 Å². The van der Waals surface area contributed by atoms with Gasteiger partial charge in [0.25, 0.3) is 0 Å². The molecule has 3 aliphatic rings. The molecule has 0 unspecified atom stereocenters. The van der Waals surface area contributed by atoms with Crippen LogP contribution in [0.15, 0.2) is 24.3 Å². The Morgan fingerprint density at radius 1 is 1.45 bits per heavy atom. The second-order valence-corrected chi connectivity index (χ2v) is 5.93. The number of ketones is 1. The van der Waals surface area contributed by atoms with E-state index in [-0.39, 0.29) is 17.3 Å². The first-order valence-electron chi connectivity index (χ1n) is 7.31. The molecule has 3 atom stereocenters. The Bertz CT molecular complexity index is 631. The molecule has 3 heteroatoms. The zero-order valence-corrected chi connectivity index (χ0v) is 11.8. The van der Waals surface area contributed by atoms with E-state index in [1.54, 1.807) is 13.2 Å². The van der Waals surface area contributed by atoms with Crippen molar-refractivity contribution >= 4 is 5.78 Å². The Morgan fingerprint density at radius 2 is 2.30 bits per heavy atom. The third kappa shape index (κ3) is 1.19. The zero-order chi connectivity index (χ0) is 13.9. The maximum absolute atomic E-state index is 12.3. The SMILES string of the molecule is CC[C@]12c3c4ccc(OC)c3O[C@H]1C(=O)C=C[C@H]2CC4. The van der Waals surface area contributed by atoms with Crippen molar-refractivity contribution in [2.24, 2.45) is 5.92 Å². The molecule has 0 spiro atoms. The summed E-state index contributed by atoms with van der Waals surface area (Å²) in [5.74, 6) is 2.04. The van der Waals surface area contributed by atoms with Gasteiger partial charge in [0.1, 0.15) is 0 Å². The van der Waals surface area contributed by atoms with Gasteiger partial charge >= 0.3 is 0 Å². The molecule has 0 bridgehead atoms. The van der Waals surface area contributed by atoms with Crippen molar-refractivity contribution in [1.29, 1.82) is 0 Å². The Morgan fingerprint density at radius 3 is 3.05 bits per heavy atom. The van der Waals surface area contributed by atoms with Gasteiger partial charge in [0.2, 0.25) is 0 Å². The molecule has 1 aromatic carbocycles. The maximum Gasteiger partial charge on any atom is 0.196 e. The summed E-state index contributed by atoms with van der Waals surface area (Å²) in [5, 5.41) is 0. The summed E-state index contributed by atoms with van der Waals surface area (Å²) in [6.07, 6.45) is 6.51. The molecule has 0 N–H and O–H groups in total. The molecule has 1 heterocycles. The van der Waals surface area contributed by atoms with Crippen molar-refractivity contribution in [3.63, 3.8) is 0 Å². The number of allylic oxidation sites excluding steroid dienone is 1. The summed E-state index contributed by atoms with van der Waals surface area (Å²) >= 11 is 0. The predicted molar refractivity (Wildman–Crippen MR) is 75.3 cm³/mol. The van der Waals surface area contributed by atoms with Gasteiger partial charge in [-0.1, -0.05) is 19.1 Å². The van der Waals surface area contributed by atoms with E-state index in [0.717, 1.165) is 30.8 Å². The summed E-state index contributed by atoms with van der Waals surface area (Å²) in [7, 11) is 1.66. The third-order valence-electron chi connectivity index (χ3n) is 5.32. The minimum atomic E-state index is -0.368. The van der Waals surface area contributed by atoms with Crippen LogP contribution >= 0.6 is 0 Å². The van der Waals surface area contributed by atoms with Gasteiger partial charge in [0, 0.05) is 11.0 Å². The van der Waals surface area contributed by atoms with Gasteiger partial charge in [-0.15, -0.1) is 0 Å². The Hall–Kier alpha value is -1.77. The van der Waals surface area contributed by atoms with E-state index >= 15 is 0 Å². The molecule has 4 rings (SSSR count). The van der Waals surface area contributed by atoms with Crippen LogP contribution in [0.3, 0.4) is 0 Å². The Kier molecular flexibility index (Phi) is 2.33. The second kappa shape index (κ2) is 3.87. The van der Waals surface area contributed by atoms with Gasteiger partial charge in [-0.3, -0.25) is 4.79 Å². The highest BCUT2D eigenvalue weighted by molar-refractivity contribution is 5.98. The van der Waals surface area contributed by atoms with Crippen molar-refractivity contribution in [2.75, 3.05) is 7.11 Å². The van der Waals surface area contributed by atoms with Crippen LogP contribution in [-0.4, -0.2) is 19.0 Å². The number of benzene rings is 1. The fourth-order valence-electron chi connectivity index (χ4n) is 4.41. The van der Waals surface area contributed by atoms with Gasteiger partial charge in [-0.2, -0.15) is 0 Å². The largest absolute Gasteiger partial charge is 0.493 e. The molecule has 3 nitrogen and oxygen atoms in total. The number of ether oxygens (including phenoxy) is 2. The van der Waals surface area contributed by atoms with Crippen molar-refractivity contribution in [3.05, 3.63) is 35.4 Å². The molecular weight excluding hydrogens is 252 g/mol. The molecule has 0 aromatic heterocycles. The lowest BCUT2D eigenvalue weighted by Gasteiger charge is -2.44. The van der Waals surface area contributed by atoms with Crippen LogP contribution < -0.4 is 9.47 Å². The first kappa shape index (κ1) is 12.0. The van der Waals surface area contributed by atoms with Crippen LogP contribution in [0, 0.1) is 5.92 Å². The number of rotatable bonds is 2. The standard InChI is InChI=1S/C17H18O3/c1-3-17-11-6-4-10-5-9-13(19-2)15(14(10)17)20-16(17)12(18)8-7-11/h5,7-9,11,16H,3-4,6H2,1-2H3/t11-,16+,17+/m1/s1. The summed E-state index contributed by atoms with van der Waals surface area (Å²) in [6, 6.07) is 4.10. The molecule has 0 saturated carbocycles. The smallest absolute Gasteiger partial charge is 0.196 e. The molecule has 2 aliphatic carbocycles. The number of methoxy groups -OCH3 is 1. The van der Waals surface area contributed by atoms with Gasteiger partial charge in [-0.05, 0) is 42.9 Å². The van der Waals surface area contributed by atoms with E-state index < -0.39 is 0 Å². The maximum atomic E-state index is 12.3. The summed E-state index contributed by atoms with van der Waals surface area (Å²) in [5.41, 5.74) is 2.38. The lowest BCUT2D eigenvalue weighted by atomic mass is 9.57. The quantitative estimate of drug-likeness (QED) is 0.829. The average Bonchev–Trinajstić information content (AvgIpc) is 2.85. The van der Waals surface area contributed by atoms with Crippen molar-refractivity contribution in [3.8, 4) is 11.5 Å².